The number of nitrogens with one attached hydrogen (secondary N) is 1. The van der Waals surface area contributed by atoms with Gasteiger partial charge in [-0.3, -0.25) is 14.6 Å². The fourth-order valence-electron chi connectivity index (χ4n) is 4.29. The van der Waals surface area contributed by atoms with Gasteiger partial charge < -0.3 is 9.47 Å². The molecule has 8 heteroatoms. The molecule has 1 aliphatic heterocycles. The first-order valence-electron chi connectivity index (χ1n) is 12.6. The Hall–Kier alpha value is -3.46. The molecule has 0 spiro atoms. The van der Waals surface area contributed by atoms with E-state index in [-0.39, 0.29) is 5.91 Å². The Morgan fingerprint density at radius 1 is 1.00 bits per heavy atom. The molecule has 7 nitrogen and oxygen atoms in total. The van der Waals surface area contributed by atoms with Gasteiger partial charge in [-0.25, -0.2) is 5.43 Å². The lowest BCUT2D eigenvalue weighted by Crippen LogP contribution is -2.45. The number of benzene rings is 3. The summed E-state index contributed by atoms with van der Waals surface area (Å²) in [5.41, 5.74) is 6.45. The minimum absolute atomic E-state index is 0.265. The van der Waals surface area contributed by atoms with E-state index in [1.165, 1.54) is 11.1 Å². The molecule has 38 heavy (non-hydrogen) atoms. The number of hydrogen-bond donors (Lipinski definition) is 1. The van der Waals surface area contributed by atoms with Gasteiger partial charge in [-0.05, 0) is 56.9 Å². The van der Waals surface area contributed by atoms with Gasteiger partial charge in [0.2, 0.25) is 0 Å². The standard InChI is InChI=1S/C30H33BrN4O3/c1-3-17-38-29-27(31)18-25(19-28(29)37-2)20-32-33-30(36)26-11-9-24(10-12-26)22-35-15-13-34(14-16-35)21-23-7-5-4-6-8-23/h3-12,18-20H,1,13-17,21-22H2,2H3,(H,33,36)/b32-20-. The van der Waals surface area contributed by atoms with E-state index in [1.807, 2.05) is 30.3 Å². The largest absolute Gasteiger partial charge is 0.493 e. The molecule has 1 heterocycles. The van der Waals surface area contributed by atoms with Crippen molar-refractivity contribution < 1.29 is 14.3 Å². The fourth-order valence-corrected chi connectivity index (χ4v) is 4.87. The summed E-state index contributed by atoms with van der Waals surface area (Å²) >= 11 is 3.49. The predicted octanol–water partition coefficient (Wildman–Crippen LogP) is 5.10. The summed E-state index contributed by atoms with van der Waals surface area (Å²) in [6.45, 7) is 10.1. The minimum atomic E-state index is -0.265. The van der Waals surface area contributed by atoms with E-state index >= 15 is 0 Å². The van der Waals surface area contributed by atoms with Gasteiger partial charge in [0.25, 0.3) is 5.91 Å². The molecule has 0 saturated carbocycles. The molecule has 1 fully saturated rings. The second-order valence-corrected chi connectivity index (χ2v) is 9.92. The summed E-state index contributed by atoms with van der Waals surface area (Å²) in [4.78, 5) is 17.5. The number of rotatable bonds is 11. The number of amides is 1. The highest BCUT2D eigenvalue weighted by molar-refractivity contribution is 9.10. The molecule has 0 aromatic heterocycles. The summed E-state index contributed by atoms with van der Waals surface area (Å²) in [7, 11) is 1.57. The van der Waals surface area contributed by atoms with Gasteiger partial charge in [0.15, 0.2) is 11.5 Å². The number of ether oxygens (including phenoxy) is 2. The van der Waals surface area contributed by atoms with Crippen LogP contribution in [0, 0.1) is 0 Å². The molecule has 4 rings (SSSR count). The van der Waals surface area contributed by atoms with Crippen LogP contribution in [0.4, 0.5) is 0 Å². The lowest BCUT2D eigenvalue weighted by atomic mass is 10.1. The molecule has 1 amide bonds. The van der Waals surface area contributed by atoms with Gasteiger partial charge >= 0.3 is 0 Å². The average molecular weight is 578 g/mol. The highest BCUT2D eigenvalue weighted by Gasteiger charge is 2.17. The van der Waals surface area contributed by atoms with Crippen LogP contribution in [0.25, 0.3) is 0 Å². The maximum Gasteiger partial charge on any atom is 0.271 e. The van der Waals surface area contributed by atoms with E-state index in [0.717, 1.165) is 49.3 Å². The van der Waals surface area contributed by atoms with E-state index in [1.54, 1.807) is 25.5 Å². The zero-order valence-electron chi connectivity index (χ0n) is 21.6. The lowest BCUT2D eigenvalue weighted by Gasteiger charge is -2.34. The normalized spacial score (nSPS) is 14.4. The maximum atomic E-state index is 12.6. The van der Waals surface area contributed by atoms with Crippen LogP contribution >= 0.6 is 15.9 Å². The topological polar surface area (TPSA) is 66.4 Å². The van der Waals surface area contributed by atoms with Gasteiger partial charge in [0, 0.05) is 44.8 Å². The first kappa shape index (κ1) is 27.6. The van der Waals surface area contributed by atoms with E-state index < -0.39 is 0 Å². The van der Waals surface area contributed by atoms with Crippen LogP contribution in [0.3, 0.4) is 0 Å². The van der Waals surface area contributed by atoms with E-state index in [4.69, 9.17) is 9.47 Å². The van der Waals surface area contributed by atoms with Crippen LogP contribution in [0.2, 0.25) is 0 Å². The maximum absolute atomic E-state index is 12.6. The summed E-state index contributed by atoms with van der Waals surface area (Å²) in [5.74, 6) is 0.879. The number of hydrazone groups is 1. The Bertz CT molecular complexity index is 1240. The number of methoxy groups -OCH3 is 1. The quantitative estimate of drug-likeness (QED) is 0.195. The molecule has 3 aromatic carbocycles. The number of nitrogens with zero attached hydrogens (tertiary/aromatic N) is 3. The third kappa shape index (κ3) is 7.77. The highest BCUT2D eigenvalue weighted by atomic mass is 79.9. The lowest BCUT2D eigenvalue weighted by molar-refractivity contribution is 0.0955. The van der Waals surface area contributed by atoms with E-state index in [2.05, 4.69) is 73.2 Å². The van der Waals surface area contributed by atoms with Crippen LogP contribution in [-0.2, 0) is 13.1 Å². The summed E-state index contributed by atoms with van der Waals surface area (Å²) in [5, 5.41) is 4.11. The van der Waals surface area contributed by atoms with Gasteiger partial charge in [0.1, 0.15) is 6.61 Å². The molecule has 1 saturated heterocycles. The average Bonchev–Trinajstić information content (AvgIpc) is 2.94. The molecule has 1 aliphatic rings. The molecule has 3 aromatic rings. The molecular formula is C30H33BrN4O3. The third-order valence-electron chi connectivity index (χ3n) is 6.31. The number of carbonyl (C=O) groups excluding carboxylic acids is 1. The Labute approximate surface area is 232 Å². The van der Waals surface area contributed by atoms with Crippen LogP contribution in [0.5, 0.6) is 11.5 Å². The van der Waals surface area contributed by atoms with E-state index in [0.29, 0.717) is 23.7 Å². The Balaban J connectivity index is 1.25. The number of carbonyl (C=O) groups is 1. The minimum Gasteiger partial charge on any atom is -0.493 e. The zero-order valence-corrected chi connectivity index (χ0v) is 23.2. The van der Waals surface area contributed by atoms with E-state index in [9.17, 15) is 4.79 Å². The monoisotopic (exact) mass is 576 g/mol. The van der Waals surface area contributed by atoms with Crippen molar-refractivity contribution in [1.29, 1.82) is 0 Å². The van der Waals surface area contributed by atoms with Crippen molar-refractivity contribution >= 4 is 28.1 Å². The molecule has 0 aliphatic carbocycles. The Kier molecular flexibility index (Phi) is 10.1. The van der Waals surface area contributed by atoms with Gasteiger partial charge in [-0.2, -0.15) is 5.10 Å². The van der Waals surface area contributed by atoms with Crippen molar-refractivity contribution in [2.24, 2.45) is 5.10 Å². The van der Waals surface area contributed by atoms with Crippen molar-refractivity contribution in [1.82, 2.24) is 15.2 Å². The molecule has 0 atom stereocenters. The zero-order chi connectivity index (χ0) is 26.7. The highest BCUT2D eigenvalue weighted by Crippen LogP contribution is 2.36. The molecule has 0 bridgehead atoms. The smallest absolute Gasteiger partial charge is 0.271 e. The predicted molar refractivity (Wildman–Crippen MR) is 155 cm³/mol. The van der Waals surface area contributed by atoms with Crippen LogP contribution in [0.1, 0.15) is 27.0 Å². The van der Waals surface area contributed by atoms with Crippen molar-refractivity contribution in [2.45, 2.75) is 13.1 Å². The fraction of sp³-hybridized carbons (Fsp3) is 0.267. The van der Waals surface area contributed by atoms with Gasteiger partial charge in [-0.1, -0.05) is 55.1 Å². The molecule has 0 radical (unpaired) electrons. The van der Waals surface area contributed by atoms with Crippen molar-refractivity contribution in [3.8, 4) is 11.5 Å². The van der Waals surface area contributed by atoms with Crippen LogP contribution in [-0.4, -0.2) is 61.8 Å². The Morgan fingerprint density at radius 2 is 1.63 bits per heavy atom. The molecule has 0 unspecified atom stereocenters. The first-order valence-corrected chi connectivity index (χ1v) is 13.4. The van der Waals surface area contributed by atoms with Gasteiger partial charge in [-0.15, -0.1) is 0 Å². The first-order chi connectivity index (χ1) is 18.6. The van der Waals surface area contributed by atoms with Crippen molar-refractivity contribution in [3.63, 3.8) is 0 Å². The molecular weight excluding hydrogens is 544 g/mol. The number of halogens is 1. The number of piperazine rings is 1. The summed E-state index contributed by atoms with van der Waals surface area (Å²) in [6.07, 6.45) is 3.23. The SMILES string of the molecule is C=CCOc1c(Br)cc(/C=N\NC(=O)c2ccc(CN3CCN(Cc4ccccc4)CC3)cc2)cc1OC. The Morgan fingerprint density at radius 3 is 2.24 bits per heavy atom. The summed E-state index contributed by atoms with van der Waals surface area (Å²) < 4.78 is 11.8. The van der Waals surface area contributed by atoms with Crippen molar-refractivity contribution in [3.05, 3.63) is 106 Å². The van der Waals surface area contributed by atoms with Crippen LogP contribution < -0.4 is 14.9 Å². The molecule has 198 valence electrons. The van der Waals surface area contributed by atoms with Gasteiger partial charge in [0.05, 0.1) is 17.8 Å². The van der Waals surface area contributed by atoms with Crippen LogP contribution in [0.15, 0.2) is 89.0 Å². The van der Waals surface area contributed by atoms with Crippen molar-refractivity contribution in [2.75, 3.05) is 39.9 Å². The number of hydrogen-bond acceptors (Lipinski definition) is 6. The summed E-state index contributed by atoms with van der Waals surface area (Å²) in [6, 6.07) is 22.0. The second kappa shape index (κ2) is 13.9. The second-order valence-electron chi connectivity index (χ2n) is 9.07. The molecule has 1 N–H and O–H groups in total. The third-order valence-corrected chi connectivity index (χ3v) is 6.90.